The van der Waals surface area contributed by atoms with Gasteiger partial charge in [0.2, 0.25) is 0 Å². The van der Waals surface area contributed by atoms with Crippen molar-refractivity contribution >= 4 is 28.3 Å². The van der Waals surface area contributed by atoms with Crippen LogP contribution >= 0.6 is 11.3 Å². The number of carbonyl (C=O) groups is 2. The molecule has 0 aliphatic rings. The van der Waals surface area contributed by atoms with Crippen LogP contribution in [0.2, 0.25) is 0 Å². The number of anilines is 1. The third-order valence-corrected chi connectivity index (χ3v) is 4.18. The molecule has 0 spiro atoms. The molecule has 0 bridgehead atoms. The summed E-state index contributed by atoms with van der Waals surface area (Å²) >= 11 is 1.07. The van der Waals surface area contributed by atoms with Crippen molar-refractivity contribution < 1.29 is 23.8 Å². The van der Waals surface area contributed by atoms with E-state index in [0.717, 1.165) is 11.3 Å². The Morgan fingerprint density at radius 2 is 2.00 bits per heavy atom. The van der Waals surface area contributed by atoms with Crippen LogP contribution in [-0.2, 0) is 4.74 Å². The Kier molecular flexibility index (Phi) is 5.75. The first-order valence-electron chi connectivity index (χ1n) is 7.18. The van der Waals surface area contributed by atoms with Gasteiger partial charge in [-0.2, -0.15) is 0 Å². The Morgan fingerprint density at radius 1 is 1.25 bits per heavy atom. The second-order valence-electron chi connectivity index (χ2n) is 4.67. The minimum absolute atomic E-state index is 0.279. The quantitative estimate of drug-likeness (QED) is 0.806. The summed E-state index contributed by atoms with van der Waals surface area (Å²) in [6.45, 7) is 3.69. The van der Waals surface area contributed by atoms with E-state index in [4.69, 9.17) is 14.2 Å². The molecule has 1 N–H and O–H groups in total. The predicted molar refractivity (Wildman–Crippen MR) is 90.3 cm³/mol. The molecule has 7 nitrogen and oxygen atoms in total. The van der Waals surface area contributed by atoms with Gasteiger partial charge in [0.15, 0.2) is 5.13 Å². The topological polar surface area (TPSA) is 86.8 Å². The average molecular weight is 350 g/mol. The van der Waals surface area contributed by atoms with Crippen LogP contribution in [0.4, 0.5) is 5.13 Å². The largest absolute Gasteiger partial charge is 0.497 e. The van der Waals surface area contributed by atoms with Gasteiger partial charge in [0.1, 0.15) is 16.4 Å². The molecule has 8 heteroatoms. The minimum Gasteiger partial charge on any atom is -0.497 e. The van der Waals surface area contributed by atoms with E-state index in [-0.39, 0.29) is 6.61 Å². The number of aromatic nitrogens is 1. The number of nitrogens with zero attached hydrogens (tertiary/aromatic N) is 1. The van der Waals surface area contributed by atoms with Gasteiger partial charge in [-0.15, -0.1) is 0 Å². The van der Waals surface area contributed by atoms with Crippen molar-refractivity contribution in [2.45, 2.75) is 13.8 Å². The first-order chi connectivity index (χ1) is 11.5. The SMILES string of the molecule is CCOC(=O)c1sc(NC(=O)c2ccc(OC)cc2OC)nc1C. The summed E-state index contributed by atoms with van der Waals surface area (Å²) in [5.74, 6) is 0.123. The van der Waals surface area contributed by atoms with Crippen LogP contribution in [0.25, 0.3) is 0 Å². The molecule has 0 saturated heterocycles. The molecule has 2 aromatic rings. The van der Waals surface area contributed by atoms with Crippen molar-refractivity contribution in [3.05, 3.63) is 34.3 Å². The Balaban J connectivity index is 2.21. The number of nitrogens with one attached hydrogen (secondary N) is 1. The second-order valence-corrected chi connectivity index (χ2v) is 5.67. The molecule has 24 heavy (non-hydrogen) atoms. The molecule has 128 valence electrons. The Hall–Kier alpha value is -2.61. The van der Waals surface area contributed by atoms with Crippen molar-refractivity contribution in [2.24, 2.45) is 0 Å². The highest BCUT2D eigenvalue weighted by atomic mass is 32.1. The summed E-state index contributed by atoms with van der Waals surface area (Å²) in [6, 6.07) is 4.88. The first-order valence-corrected chi connectivity index (χ1v) is 7.99. The highest BCUT2D eigenvalue weighted by Crippen LogP contribution is 2.27. The third-order valence-electron chi connectivity index (χ3n) is 3.13. The maximum Gasteiger partial charge on any atom is 0.350 e. The van der Waals surface area contributed by atoms with E-state index in [9.17, 15) is 9.59 Å². The smallest absolute Gasteiger partial charge is 0.350 e. The molecule has 1 heterocycles. The summed E-state index contributed by atoms with van der Waals surface area (Å²) < 4.78 is 15.3. The van der Waals surface area contributed by atoms with Crippen LogP contribution < -0.4 is 14.8 Å². The molecule has 0 radical (unpaired) electrons. The zero-order valence-corrected chi connectivity index (χ0v) is 14.7. The number of amides is 1. The molecule has 1 aromatic carbocycles. The second kappa shape index (κ2) is 7.78. The fourth-order valence-corrected chi connectivity index (χ4v) is 2.84. The predicted octanol–water partition coefficient (Wildman–Crippen LogP) is 2.90. The van der Waals surface area contributed by atoms with Crippen LogP contribution in [0.15, 0.2) is 18.2 Å². The normalized spacial score (nSPS) is 10.2. The van der Waals surface area contributed by atoms with E-state index in [1.54, 1.807) is 32.0 Å². The number of methoxy groups -OCH3 is 2. The van der Waals surface area contributed by atoms with E-state index in [1.165, 1.54) is 14.2 Å². The maximum atomic E-state index is 12.4. The molecular formula is C16H18N2O5S. The van der Waals surface area contributed by atoms with Gasteiger partial charge in [-0.25, -0.2) is 9.78 Å². The van der Waals surface area contributed by atoms with Gasteiger partial charge in [0.25, 0.3) is 5.91 Å². The maximum absolute atomic E-state index is 12.4. The fraction of sp³-hybridized carbons (Fsp3) is 0.312. The number of benzene rings is 1. The van der Waals surface area contributed by atoms with Crippen LogP contribution in [0.3, 0.4) is 0 Å². The summed E-state index contributed by atoms with van der Waals surface area (Å²) in [5.41, 5.74) is 0.847. The van der Waals surface area contributed by atoms with Gasteiger partial charge in [-0.05, 0) is 26.0 Å². The summed E-state index contributed by atoms with van der Waals surface area (Å²) in [7, 11) is 3.00. The van der Waals surface area contributed by atoms with Gasteiger partial charge in [0, 0.05) is 6.07 Å². The van der Waals surface area contributed by atoms with Crippen LogP contribution in [0, 0.1) is 6.92 Å². The lowest BCUT2D eigenvalue weighted by Crippen LogP contribution is -2.13. The van der Waals surface area contributed by atoms with E-state index in [0.29, 0.717) is 32.8 Å². The van der Waals surface area contributed by atoms with Gasteiger partial charge < -0.3 is 14.2 Å². The van der Waals surface area contributed by atoms with Gasteiger partial charge in [-0.3, -0.25) is 10.1 Å². The first kappa shape index (κ1) is 17.7. The van der Waals surface area contributed by atoms with Crippen LogP contribution in [0.5, 0.6) is 11.5 Å². The Labute approximate surface area is 143 Å². The van der Waals surface area contributed by atoms with Crippen LogP contribution in [0.1, 0.15) is 32.6 Å². The van der Waals surface area contributed by atoms with Crippen molar-refractivity contribution in [2.75, 3.05) is 26.1 Å². The zero-order chi connectivity index (χ0) is 17.7. The van der Waals surface area contributed by atoms with Crippen molar-refractivity contribution in [3.8, 4) is 11.5 Å². The number of rotatable bonds is 6. The third kappa shape index (κ3) is 3.83. The number of hydrogen-bond acceptors (Lipinski definition) is 7. The standard InChI is InChI=1S/C16H18N2O5S/c1-5-23-15(20)13-9(2)17-16(24-13)18-14(19)11-7-6-10(21-3)8-12(11)22-4/h6-8H,5H2,1-4H3,(H,17,18,19). The van der Waals surface area contributed by atoms with Gasteiger partial charge in [-0.1, -0.05) is 11.3 Å². The molecule has 2 rings (SSSR count). The molecule has 0 atom stereocenters. The van der Waals surface area contributed by atoms with Gasteiger partial charge in [0.05, 0.1) is 32.1 Å². The van der Waals surface area contributed by atoms with E-state index in [1.807, 2.05) is 0 Å². The molecule has 1 amide bonds. The summed E-state index contributed by atoms with van der Waals surface area (Å²) in [5, 5.41) is 2.99. The Morgan fingerprint density at radius 3 is 2.62 bits per heavy atom. The number of thiazole rings is 1. The number of ether oxygens (including phenoxy) is 3. The lowest BCUT2D eigenvalue weighted by molar-refractivity contribution is 0.0531. The number of hydrogen-bond donors (Lipinski definition) is 1. The fourth-order valence-electron chi connectivity index (χ4n) is 1.99. The van der Waals surface area contributed by atoms with Crippen LogP contribution in [-0.4, -0.2) is 37.7 Å². The molecule has 1 aromatic heterocycles. The van der Waals surface area contributed by atoms with E-state index in [2.05, 4.69) is 10.3 Å². The Bertz CT molecular complexity index is 757. The average Bonchev–Trinajstić information content (AvgIpc) is 2.94. The van der Waals surface area contributed by atoms with Crippen molar-refractivity contribution in [1.82, 2.24) is 4.98 Å². The van der Waals surface area contributed by atoms with E-state index < -0.39 is 11.9 Å². The summed E-state index contributed by atoms with van der Waals surface area (Å²) in [6.07, 6.45) is 0. The van der Waals surface area contributed by atoms with Crippen molar-refractivity contribution in [1.29, 1.82) is 0 Å². The van der Waals surface area contributed by atoms with Gasteiger partial charge >= 0.3 is 5.97 Å². The molecular weight excluding hydrogens is 332 g/mol. The molecule has 0 fully saturated rings. The minimum atomic E-state index is -0.449. The molecule has 0 saturated carbocycles. The lowest BCUT2D eigenvalue weighted by Gasteiger charge is -2.09. The number of esters is 1. The molecule has 0 aliphatic heterocycles. The number of aryl methyl sites for hydroxylation is 1. The number of carbonyl (C=O) groups excluding carboxylic acids is 2. The highest BCUT2D eigenvalue weighted by molar-refractivity contribution is 7.17. The highest BCUT2D eigenvalue weighted by Gasteiger charge is 2.19. The lowest BCUT2D eigenvalue weighted by atomic mass is 10.2. The summed E-state index contributed by atoms with van der Waals surface area (Å²) in [4.78, 5) is 28.8. The zero-order valence-electron chi connectivity index (χ0n) is 13.8. The van der Waals surface area contributed by atoms with E-state index >= 15 is 0 Å². The van der Waals surface area contributed by atoms with Crippen molar-refractivity contribution in [3.63, 3.8) is 0 Å². The molecule has 0 aliphatic carbocycles. The molecule has 0 unspecified atom stereocenters. The monoisotopic (exact) mass is 350 g/mol.